The van der Waals surface area contributed by atoms with E-state index in [1.54, 1.807) is 0 Å². The molecule has 218 valence electrons. The summed E-state index contributed by atoms with van der Waals surface area (Å²) in [6.45, 7) is 0. The van der Waals surface area contributed by atoms with Crippen LogP contribution >= 0.6 is 11.8 Å². The first-order valence-corrected chi connectivity index (χ1v) is 17.4. The molecule has 0 amide bonds. The third-order valence-corrected chi connectivity index (χ3v) is 11.8. The van der Waals surface area contributed by atoms with Crippen LogP contribution in [-0.2, 0) is 6.42 Å². The number of fused-ring (bicyclic) bond motifs is 6. The van der Waals surface area contributed by atoms with Crippen molar-refractivity contribution in [1.29, 1.82) is 0 Å². The first kappa shape index (κ1) is 26.5. The van der Waals surface area contributed by atoms with Gasteiger partial charge in [0, 0.05) is 33.8 Å². The lowest BCUT2D eigenvalue weighted by Gasteiger charge is -2.21. The van der Waals surface area contributed by atoms with Crippen LogP contribution in [0.5, 0.6) is 0 Å². The van der Waals surface area contributed by atoms with Crippen molar-refractivity contribution in [2.45, 2.75) is 79.8 Å². The maximum atomic E-state index is 5.00. The van der Waals surface area contributed by atoms with Gasteiger partial charge in [0.15, 0.2) is 0 Å². The van der Waals surface area contributed by atoms with Crippen molar-refractivity contribution in [3.05, 3.63) is 125 Å². The number of benzene rings is 2. The van der Waals surface area contributed by atoms with Gasteiger partial charge in [0.1, 0.15) is 0 Å². The SMILES string of the molecule is C1=CC(C2=CC3c4cccc(-c5ccc6c7c(n(-c8ncc(C9CCCCC9)cn8)c6c5)C=CCC7)c4SC3C=C2)=CCC1. The third kappa shape index (κ3) is 4.41. The van der Waals surface area contributed by atoms with Crippen molar-refractivity contribution >= 4 is 28.7 Å². The Balaban J connectivity index is 1.13. The summed E-state index contributed by atoms with van der Waals surface area (Å²) in [4.78, 5) is 11.4. The van der Waals surface area contributed by atoms with Crippen molar-refractivity contribution in [1.82, 2.24) is 14.5 Å². The Morgan fingerprint density at radius 2 is 1.73 bits per heavy atom. The number of hydrogen-bond donors (Lipinski definition) is 0. The van der Waals surface area contributed by atoms with E-state index in [1.165, 1.54) is 92.6 Å². The zero-order valence-electron chi connectivity index (χ0n) is 25.1. The Hall–Kier alpha value is -3.89. The average Bonchev–Trinajstić information content (AvgIpc) is 3.64. The van der Waals surface area contributed by atoms with E-state index in [0.29, 0.717) is 17.1 Å². The van der Waals surface area contributed by atoms with E-state index < -0.39 is 0 Å². The van der Waals surface area contributed by atoms with Crippen LogP contribution in [0, 0.1) is 0 Å². The third-order valence-electron chi connectivity index (χ3n) is 10.4. The van der Waals surface area contributed by atoms with E-state index in [9.17, 15) is 0 Å². The lowest BCUT2D eigenvalue weighted by molar-refractivity contribution is 0.442. The minimum Gasteiger partial charge on any atom is -0.278 e. The first-order chi connectivity index (χ1) is 21.8. The molecule has 2 aromatic carbocycles. The van der Waals surface area contributed by atoms with Crippen LogP contribution in [-0.4, -0.2) is 19.8 Å². The molecule has 0 bridgehead atoms. The highest BCUT2D eigenvalue weighted by molar-refractivity contribution is 8.00. The van der Waals surface area contributed by atoms with Crippen molar-refractivity contribution in [3.63, 3.8) is 0 Å². The highest BCUT2D eigenvalue weighted by Gasteiger charge is 2.34. The number of aryl methyl sites for hydroxylation is 1. The molecule has 1 saturated carbocycles. The average molecular weight is 592 g/mol. The minimum absolute atomic E-state index is 0.410. The van der Waals surface area contributed by atoms with Crippen molar-refractivity contribution in [2.75, 3.05) is 0 Å². The number of thioether (sulfide) groups is 1. The second-order valence-electron chi connectivity index (χ2n) is 13.0. The summed E-state index contributed by atoms with van der Waals surface area (Å²) in [6.07, 6.45) is 34.0. The van der Waals surface area contributed by atoms with E-state index in [0.717, 1.165) is 31.6 Å². The van der Waals surface area contributed by atoms with Crippen molar-refractivity contribution in [2.24, 2.45) is 0 Å². The Bertz CT molecular complexity index is 1930. The molecule has 4 aromatic rings. The molecule has 3 nitrogen and oxygen atoms in total. The smallest absolute Gasteiger partial charge is 0.234 e. The molecule has 1 fully saturated rings. The lowest BCUT2D eigenvalue weighted by Crippen LogP contribution is -2.10. The van der Waals surface area contributed by atoms with Crippen LogP contribution in [0.25, 0.3) is 34.1 Å². The summed E-state index contributed by atoms with van der Waals surface area (Å²) < 4.78 is 2.31. The molecular weight excluding hydrogens is 555 g/mol. The molecule has 5 aliphatic rings. The van der Waals surface area contributed by atoms with Gasteiger partial charge in [0.25, 0.3) is 0 Å². The Kier molecular flexibility index (Phi) is 6.58. The number of allylic oxidation sites excluding steroid dienone is 8. The Morgan fingerprint density at radius 1 is 0.841 bits per heavy atom. The van der Waals surface area contributed by atoms with Crippen molar-refractivity contribution < 1.29 is 0 Å². The lowest BCUT2D eigenvalue weighted by atomic mass is 9.85. The number of hydrogen-bond acceptors (Lipinski definition) is 3. The maximum Gasteiger partial charge on any atom is 0.234 e. The molecule has 2 aromatic heterocycles. The standard InChI is InChI=1S/C40H37N3S/c1-3-10-26(11-4-1)28-19-21-38-35(22-28)34-16-9-15-31(39(34)44-38)29-18-20-33-32-14-7-8-17-36(32)43(37(33)23-29)40-41-24-30(25-42-40)27-12-5-2-6-13-27/h3,8-11,15-25,27,35,38H,1-2,4-7,12-14H2. The van der Waals surface area contributed by atoms with Gasteiger partial charge in [-0.15, -0.1) is 11.8 Å². The zero-order valence-corrected chi connectivity index (χ0v) is 25.9. The first-order valence-electron chi connectivity index (χ1n) is 16.5. The van der Waals surface area contributed by atoms with Crippen LogP contribution in [0.1, 0.15) is 85.6 Å². The zero-order chi connectivity index (χ0) is 29.0. The normalized spacial score (nSPS) is 22.5. The topological polar surface area (TPSA) is 30.7 Å². The minimum atomic E-state index is 0.410. The van der Waals surface area contributed by atoms with Gasteiger partial charge in [-0.25, -0.2) is 9.97 Å². The predicted octanol–water partition coefficient (Wildman–Crippen LogP) is 10.4. The molecule has 2 unspecified atom stereocenters. The van der Waals surface area contributed by atoms with Gasteiger partial charge in [-0.1, -0.05) is 92.1 Å². The summed E-state index contributed by atoms with van der Waals surface area (Å²) in [5.74, 6) is 1.80. The molecule has 3 heterocycles. The van der Waals surface area contributed by atoms with Crippen molar-refractivity contribution in [3.8, 4) is 17.1 Å². The summed E-state index contributed by atoms with van der Waals surface area (Å²) in [5.41, 5.74) is 12.0. The van der Waals surface area contributed by atoms with Gasteiger partial charge in [0.2, 0.25) is 5.95 Å². The van der Waals surface area contributed by atoms with Gasteiger partial charge < -0.3 is 0 Å². The molecule has 0 radical (unpaired) electrons. The number of rotatable bonds is 4. The van der Waals surface area contributed by atoms with E-state index in [4.69, 9.17) is 9.97 Å². The summed E-state index contributed by atoms with van der Waals surface area (Å²) in [5, 5.41) is 1.77. The highest BCUT2D eigenvalue weighted by atomic mass is 32.2. The Morgan fingerprint density at radius 3 is 2.59 bits per heavy atom. The van der Waals surface area contributed by atoms with Crippen LogP contribution in [0.2, 0.25) is 0 Å². The molecule has 0 spiro atoms. The van der Waals surface area contributed by atoms with Gasteiger partial charge in [-0.2, -0.15) is 0 Å². The fourth-order valence-corrected chi connectivity index (χ4v) is 9.54. The van der Waals surface area contributed by atoms with Crippen LogP contribution in [0.4, 0.5) is 0 Å². The molecule has 1 aliphatic heterocycles. The largest absolute Gasteiger partial charge is 0.278 e. The van der Waals surface area contributed by atoms with Crippen LogP contribution < -0.4 is 0 Å². The Labute approximate surface area is 264 Å². The predicted molar refractivity (Wildman–Crippen MR) is 184 cm³/mol. The summed E-state index contributed by atoms with van der Waals surface area (Å²) in [6, 6.07) is 14.0. The van der Waals surface area contributed by atoms with Gasteiger partial charge in [-0.3, -0.25) is 4.57 Å². The fourth-order valence-electron chi connectivity index (χ4n) is 8.09. The number of nitrogens with zero attached hydrogens (tertiary/aromatic N) is 3. The van der Waals surface area contributed by atoms with Gasteiger partial charge >= 0.3 is 0 Å². The quantitative estimate of drug-likeness (QED) is 0.237. The maximum absolute atomic E-state index is 5.00. The molecule has 0 saturated heterocycles. The van der Waals surface area contributed by atoms with E-state index in [-0.39, 0.29) is 0 Å². The van der Waals surface area contributed by atoms with E-state index in [2.05, 4.69) is 102 Å². The molecule has 2 atom stereocenters. The molecule has 44 heavy (non-hydrogen) atoms. The summed E-state index contributed by atoms with van der Waals surface area (Å²) >= 11 is 2.03. The van der Waals surface area contributed by atoms with Gasteiger partial charge in [0.05, 0.1) is 11.2 Å². The molecule has 4 aliphatic carbocycles. The highest BCUT2D eigenvalue weighted by Crippen LogP contribution is 2.53. The number of aromatic nitrogens is 3. The second-order valence-corrected chi connectivity index (χ2v) is 14.2. The molecule has 0 N–H and O–H groups in total. The molecule has 4 heteroatoms. The second kappa shape index (κ2) is 10.9. The van der Waals surface area contributed by atoms with E-state index in [1.807, 2.05) is 11.8 Å². The van der Waals surface area contributed by atoms with Crippen LogP contribution in [0.3, 0.4) is 0 Å². The van der Waals surface area contributed by atoms with E-state index >= 15 is 0 Å². The molecular formula is C40H37N3S. The summed E-state index contributed by atoms with van der Waals surface area (Å²) in [7, 11) is 0. The molecule has 9 rings (SSSR count). The van der Waals surface area contributed by atoms with Crippen LogP contribution in [0.15, 0.2) is 107 Å². The van der Waals surface area contributed by atoms with Gasteiger partial charge in [-0.05, 0) is 95.5 Å². The monoisotopic (exact) mass is 591 g/mol. The fraction of sp³-hybridized carbons (Fsp3) is 0.300.